The Bertz CT molecular complexity index is 739. The Labute approximate surface area is 140 Å². The van der Waals surface area contributed by atoms with Gasteiger partial charge in [-0.15, -0.1) is 0 Å². The van der Waals surface area contributed by atoms with Gasteiger partial charge in [0.05, 0.1) is 37.5 Å². The van der Waals surface area contributed by atoms with E-state index < -0.39 is 5.97 Å². The molecule has 1 fully saturated rings. The predicted octanol–water partition coefficient (Wildman–Crippen LogP) is 3.31. The minimum absolute atomic E-state index is 0.200. The molecule has 1 aliphatic carbocycles. The molecule has 1 aromatic heterocycles. The zero-order valence-corrected chi connectivity index (χ0v) is 13.9. The fourth-order valence-corrected chi connectivity index (χ4v) is 3.25. The molecule has 1 aromatic carbocycles. The number of carboxylic acids is 1. The van der Waals surface area contributed by atoms with Crippen LogP contribution in [0.15, 0.2) is 24.4 Å². The van der Waals surface area contributed by atoms with Crippen LogP contribution in [0.25, 0.3) is 10.9 Å². The normalized spacial score (nSPS) is 20.6. The minimum Gasteiger partial charge on any atom is -0.493 e. The van der Waals surface area contributed by atoms with Crippen molar-refractivity contribution in [1.82, 2.24) is 4.98 Å². The Balaban J connectivity index is 1.75. The summed E-state index contributed by atoms with van der Waals surface area (Å²) >= 11 is 0. The van der Waals surface area contributed by atoms with E-state index in [0.717, 1.165) is 42.3 Å². The van der Waals surface area contributed by atoms with Gasteiger partial charge in [0.1, 0.15) is 0 Å². The molecule has 0 atom stereocenters. The molecule has 0 spiro atoms. The highest BCUT2D eigenvalue weighted by Gasteiger charge is 2.25. The predicted molar refractivity (Wildman–Crippen MR) is 91.9 cm³/mol. The summed E-state index contributed by atoms with van der Waals surface area (Å²) in [4.78, 5) is 15.5. The molecule has 6 nitrogen and oxygen atoms in total. The van der Waals surface area contributed by atoms with E-state index in [-0.39, 0.29) is 5.92 Å². The lowest BCUT2D eigenvalue weighted by molar-refractivity contribution is -0.142. The number of benzene rings is 1. The first-order valence-corrected chi connectivity index (χ1v) is 8.12. The number of methoxy groups -OCH3 is 2. The molecule has 1 aliphatic rings. The van der Waals surface area contributed by atoms with Crippen molar-refractivity contribution in [1.29, 1.82) is 0 Å². The van der Waals surface area contributed by atoms with Crippen molar-refractivity contribution in [2.75, 3.05) is 19.5 Å². The number of aromatic nitrogens is 1. The van der Waals surface area contributed by atoms with Crippen molar-refractivity contribution < 1.29 is 19.4 Å². The van der Waals surface area contributed by atoms with Gasteiger partial charge in [0.2, 0.25) is 0 Å². The lowest BCUT2D eigenvalue weighted by Gasteiger charge is -2.27. The third kappa shape index (κ3) is 3.37. The van der Waals surface area contributed by atoms with Crippen molar-refractivity contribution in [3.63, 3.8) is 0 Å². The van der Waals surface area contributed by atoms with Crippen LogP contribution in [0.2, 0.25) is 0 Å². The van der Waals surface area contributed by atoms with Crippen molar-refractivity contribution in [3.05, 3.63) is 24.4 Å². The molecule has 2 N–H and O–H groups in total. The number of ether oxygens (including phenoxy) is 2. The van der Waals surface area contributed by atoms with E-state index in [0.29, 0.717) is 17.5 Å². The monoisotopic (exact) mass is 330 g/mol. The number of nitrogens with zero attached hydrogens (tertiary/aromatic N) is 1. The van der Waals surface area contributed by atoms with Crippen LogP contribution in [0.3, 0.4) is 0 Å². The molecule has 6 heteroatoms. The number of nitrogens with one attached hydrogen (secondary N) is 1. The molecule has 24 heavy (non-hydrogen) atoms. The summed E-state index contributed by atoms with van der Waals surface area (Å²) in [6.07, 6.45) is 4.97. The zero-order valence-electron chi connectivity index (χ0n) is 13.9. The second kappa shape index (κ2) is 6.95. The Morgan fingerprint density at radius 1 is 1.12 bits per heavy atom. The Morgan fingerprint density at radius 3 is 2.42 bits per heavy atom. The van der Waals surface area contributed by atoms with Gasteiger partial charge >= 0.3 is 5.97 Å². The average Bonchev–Trinajstić information content (AvgIpc) is 2.60. The van der Waals surface area contributed by atoms with Gasteiger partial charge in [-0.3, -0.25) is 9.78 Å². The largest absolute Gasteiger partial charge is 0.493 e. The zero-order chi connectivity index (χ0) is 17.1. The maximum Gasteiger partial charge on any atom is 0.306 e. The molecule has 1 saturated carbocycles. The number of anilines is 1. The highest BCUT2D eigenvalue weighted by atomic mass is 16.5. The Morgan fingerprint density at radius 2 is 1.79 bits per heavy atom. The molecule has 128 valence electrons. The van der Waals surface area contributed by atoms with Gasteiger partial charge in [-0.05, 0) is 37.8 Å². The van der Waals surface area contributed by atoms with Crippen LogP contribution in [-0.2, 0) is 4.79 Å². The smallest absolute Gasteiger partial charge is 0.306 e. The average molecular weight is 330 g/mol. The number of fused-ring (bicyclic) bond motifs is 1. The number of hydrogen-bond acceptors (Lipinski definition) is 5. The summed E-state index contributed by atoms with van der Waals surface area (Å²) in [6.45, 7) is 0. The number of aliphatic carboxylic acids is 1. The molecule has 0 radical (unpaired) electrons. The van der Waals surface area contributed by atoms with Crippen LogP contribution >= 0.6 is 0 Å². The van der Waals surface area contributed by atoms with Crippen LogP contribution in [0.5, 0.6) is 11.5 Å². The van der Waals surface area contributed by atoms with E-state index in [4.69, 9.17) is 14.6 Å². The fraction of sp³-hybridized carbons (Fsp3) is 0.444. The van der Waals surface area contributed by atoms with Crippen molar-refractivity contribution in [3.8, 4) is 11.5 Å². The van der Waals surface area contributed by atoms with Crippen LogP contribution in [-0.4, -0.2) is 36.3 Å². The topological polar surface area (TPSA) is 80.7 Å². The first kappa shape index (κ1) is 16.4. The van der Waals surface area contributed by atoms with Crippen LogP contribution < -0.4 is 14.8 Å². The van der Waals surface area contributed by atoms with E-state index in [1.165, 1.54) is 0 Å². The molecular formula is C18H22N2O4. The quantitative estimate of drug-likeness (QED) is 0.875. The highest BCUT2D eigenvalue weighted by molar-refractivity contribution is 5.85. The van der Waals surface area contributed by atoms with Gasteiger partial charge in [0.15, 0.2) is 11.5 Å². The number of hydrogen-bond donors (Lipinski definition) is 2. The minimum atomic E-state index is -0.679. The molecule has 0 aliphatic heterocycles. The second-order valence-electron chi connectivity index (χ2n) is 6.16. The summed E-state index contributed by atoms with van der Waals surface area (Å²) in [5.74, 6) is 0.451. The summed E-state index contributed by atoms with van der Waals surface area (Å²) in [6, 6.07) is 6.09. The first-order valence-electron chi connectivity index (χ1n) is 8.12. The molecular weight excluding hydrogens is 308 g/mol. The van der Waals surface area contributed by atoms with Gasteiger partial charge in [0.25, 0.3) is 0 Å². The second-order valence-corrected chi connectivity index (χ2v) is 6.16. The lowest BCUT2D eigenvalue weighted by Crippen LogP contribution is -2.29. The van der Waals surface area contributed by atoms with Gasteiger partial charge in [-0.25, -0.2) is 0 Å². The van der Waals surface area contributed by atoms with E-state index in [9.17, 15) is 4.79 Å². The summed E-state index contributed by atoms with van der Waals surface area (Å²) in [5.41, 5.74) is 1.78. The number of carboxylic acid groups (broad SMARTS) is 1. The summed E-state index contributed by atoms with van der Waals surface area (Å²) < 4.78 is 10.6. The molecule has 0 unspecified atom stereocenters. The lowest BCUT2D eigenvalue weighted by atomic mass is 9.86. The van der Waals surface area contributed by atoms with E-state index in [1.54, 1.807) is 20.4 Å². The molecule has 1 heterocycles. The summed E-state index contributed by atoms with van der Waals surface area (Å²) in [5, 5.41) is 13.5. The summed E-state index contributed by atoms with van der Waals surface area (Å²) in [7, 11) is 3.22. The highest BCUT2D eigenvalue weighted by Crippen LogP contribution is 2.33. The standard InChI is InChI=1S/C18H22N2O4/c1-23-16-8-12-7-14(10-19-15(12)9-17(16)24-2)20-13-5-3-11(4-6-13)18(21)22/h7-11,13,20H,3-6H2,1-2H3,(H,21,22). The van der Waals surface area contributed by atoms with E-state index >= 15 is 0 Å². The van der Waals surface area contributed by atoms with Crippen molar-refractivity contribution in [2.45, 2.75) is 31.7 Å². The molecule has 0 amide bonds. The first-order chi connectivity index (χ1) is 11.6. The maximum absolute atomic E-state index is 11.0. The fourth-order valence-electron chi connectivity index (χ4n) is 3.25. The number of carbonyl (C=O) groups is 1. The maximum atomic E-state index is 11.0. The van der Waals surface area contributed by atoms with Crippen LogP contribution in [0, 0.1) is 5.92 Å². The van der Waals surface area contributed by atoms with Crippen molar-refractivity contribution >= 4 is 22.6 Å². The van der Waals surface area contributed by atoms with Crippen molar-refractivity contribution in [2.24, 2.45) is 5.92 Å². The SMILES string of the molecule is COc1cc2cc(NC3CCC(C(=O)O)CC3)cnc2cc1OC. The van der Waals surface area contributed by atoms with E-state index in [1.807, 2.05) is 18.2 Å². The third-order valence-electron chi connectivity index (χ3n) is 4.63. The Kier molecular flexibility index (Phi) is 4.74. The van der Waals surface area contributed by atoms with Gasteiger partial charge in [0, 0.05) is 17.5 Å². The molecule has 2 aromatic rings. The van der Waals surface area contributed by atoms with Gasteiger partial charge in [-0.1, -0.05) is 0 Å². The number of rotatable bonds is 5. The Hall–Kier alpha value is -2.50. The molecule has 3 rings (SSSR count). The third-order valence-corrected chi connectivity index (χ3v) is 4.63. The molecule has 0 bridgehead atoms. The number of pyridine rings is 1. The van der Waals surface area contributed by atoms with E-state index in [2.05, 4.69) is 10.3 Å². The van der Waals surface area contributed by atoms with Gasteiger partial charge < -0.3 is 19.9 Å². The van der Waals surface area contributed by atoms with Crippen LogP contribution in [0.1, 0.15) is 25.7 Å². The van der Waals surface area contributed by atoms with Crippen LogP contribution in [0.4, 0.5) is 5.69 Å². The molecule has 0 saturated heterocycles. The van der Waals surface area contributed by atoms with Gasteiger partial charge in [-0.2, -0.15) is 0 Å².